The van der Waals surface area contributed by atoms with Gasteiger partial charge in [-0.15, -0.1) is 0 Å². The van der Waals surface area contributed by atoms with E-state index in [9.17, 15) is 9.59 Å². The molecule has 2 aliphatic heterocycles. The van der Waals surface area contributed by atoms with Crippen molar-refractivity contribution in [3.05, 3.63) is 0 Å². The summed E-state index contributed by atoms with van der Waals surface area (Å²) in [5.41, 5.74) is 0. The minimum atomic E-state index is -0.0648. The van der Waals surface area contributed by atoms with Gasteiger partial charge in [-0.3, -0.25) is 9.59 Å². The summed E-state index contributed by atoms with van der Waals surface area (Å²) in [6.45, 7) is 6.05. The van der Waals surface area contributed by atoms with Gasteiger partial charge in [0.05, 0.1) is 12.0 Å². The van der Waals surface area contributed by atoms with Crippen molar-refractivity contribution < 1.29 is 9.59 Å². The van der Waals surface area contributed by atoms with Gasteiger partial charge in [-0.1, -0.05) is 26.2 Å². The van der Waals surface area contributed by atoms with Crippen LogP contribution in [0, 0.1) is 11.8 Å². The molecular weight excluding hydrogens is 266 g/mol. The van der Waals surface area contributed by atoms with Gasteiger partial charge in [-0.25, -0.2) is 0 Å². The molecule has 3 aliphatic rings. The average Bonchev–Trinajstić information content (AvgIpc) is 2.73. The molecule has 1 N–H and O–H groups in total. The standard InChI is InChI=1S/C16H27N3O2/c1-2-18-8-13-9-19(11-14(10-18)17-15(13)20)16(21)12-6-4-3-5-7-12/h12-14H,2-11H2,1H3,(H,17,20)/t13-,14+/m1/s1. The summed E-state index contributed by atoms with van der Waals surface area (Å²) in [4.78, 5) is 29.3. The van der Waals surface area contributed by atoms with Crippen molar-refractivity contribution in [2.45, 2.75) is 45.1 Å². The van der Waals surface area contributed by atoms with E-state index in [0.29, 0.717) is 19.0 Å². The number of carbonyl (C=O) groups is 2. The Hall–Kier alpha value is -1.10. The Kier molecular flexibility index (Phi) is 4.48. The van der Waals surface area contributed by atoms with Crippen LogP contribution >= 0.6 is 0 Å². The Morgan fingerprint density at radius 2 is 1.90 bits per heavy atom. The first-order valence-corrected chi connectivity index (χ1v) is 8.49. The third-order valence-electron chi connectivity index (χ3n) is 5.27. The van der Waals surface area contributed by atoms with Gasteiger partial charge in [0.2, 0.25) is 11.8 Å². The van der Waals surface area contributed by atoms with E-state index in [1.165, 1.54) is 19.3 Å². The molecule has 0 radical (unpaired) electrons. The van der Waals surface area contributed by atoms with Crippen LogP contribution in [0.4, 0.5) is 0 Å². The molecular formula is C16H27N3O2. The van der Waals surface area contributed by atoms with Crippen LogP contribution in [0.2, 0.25) is 0 Å². The zero-order chi connectivity index (χ0) is 14.8. The van der Waals surface area contributed by atoms with Crippen molar-refractivity contribution >= 4 is 11.8 Å². The fourth-order valence-electron chi connectivity index (χ4n) is 4.04. The second-order valence-corrected chi connectivity index (χ2v) is 6.83. The maximum Gasteiger partial charge on any atom is 0.226 e. The van der Waals surface area contributed by atoms with Gasteiger partial charge >= 0.3 is 0 Å². The summed E-state index contributed by atoms with van der Waals surface area (Å²) in [7, 11) is 0. The Balaban J connectivity index is 1.71. The maximum atomic E-state index is 12.8. The Morgan fingerprint density at radius 1 is 1.14 bits per heavy atom. The number of nitrogens with zero attached hydrogens (tertiary/aromatic N) is 2. The summed E-state index contributed by atoms with van der Waals surface area (Å²) in [5.74, 6) is 0.570. The summed E-state index contributed by atoms with van der Waals surface area (Å²) in [5, 5.41) is 3.12. The molecule has 0 aromatic rings. The lowest BCUT2D eigenvalue weighted by Crippen LogP contribution is -2.50. The second-order valence-electron chi connectivity index (χ2n) is 6.83. The van der Waals surface area contributed by atoms with E-state index in [1.807, 2.05) is 4.90 Å². The van der Waals surface area contributed by atoms with E-state index in [-0.39, 0.29) is 23.8 Å². The van der Waals surface area contributed by atoms with E-state index in [2.05, 4.69) is 17.1 Å². The SMILES string of the molecule is CCN1C[C@H]2CN(C(=O)C3CCCCC3)C[C@@H](C1)C(=O)N2. The van der Waals surface area contributed by atoms with Crippen molar-refractivity contribution in [2.24, 2.45) is 11.8 Å². The zero-order valence-corrected chi connectivity index (χ0v) is 13.0. The predicted octanol–water partition coefficient (Wildman–Crippen LogP) is 0.845. The molecule has 118 valence electrons. The third kappa shape index (κ3) is 3.23. The average molecular weight is 293 g/mol. The fraction of sp³-hybridized carbons (Fsp3) is 0.875. The molecule has 5 heteroatoms. The van der Waals surface area contributed by atoms with E-state index in [4.69, 9.17) is 0 Å². The Bertz CT molecular complexity index is 406. The molecule has 3 fully saturated rings. The van der Waals surface area contributed by atoms with Gasteiger partial charge in [0.1, 0.15) is 0 Å². The highest BCUT2D eigenvalue weighted by atomic mass is 16.2. The molecule has 1 saturated carbocycles. The normalized spacial score (nSPS) is 31.7. The first-order chi connectivity index (χ1) is 10.2. The smallest absolute Gasteiger partial charge is 0.226 e. The first-order valence-electron chi connectivity index (χ1n) is 8.49. The molecule has 0 spiro atoms. The van der Waals surface area contributed by atoms with Crippen LogP contribution in [-0.2, 0) is 9.59 Å². The summed E-state index contributed by atoms with van der Waals surface area (Å²) in [6.07, 6.45) is 5.69. The van der Waals surface area contributed by atoms with Gasteiger partial charge < -0.3 is 15.1 Å². The number of hydrogen-bond donors (Lipinski definition) is 1. The van der Waals surface area contributed by atoms with Gasteiger partial charge in [0, 0.05) is 32.1 Å². The van der Waals surface area contributed by atoms with Gasteiger partial charge in [-0.05, 0) is 19.4 Å². The molecule has 5 nitrogen and oxygen atoms in total. The van der Waals surface area contributed by atoms with Gasteiger partial charge in [-0.2, -0.15) is 0 Å². The lowest BCUT2D eigenvalue weighted by molar-refractivity contribution is -0.138. The molecule has 3 rings (SSSR count). The zero-order valence-electron chi connectivity index (χ0n) is 13.0. The van der Waals surface area contributed by atoms with Crippen LogP contribution in [0.25, 0.3) is 0 Å². The van der Waals surface area contributed by atoms with Crippen molar-refractivity contribution in [2.75, 3.05) is 32.7 Å². The highest BCUT2D eigenvalue weighted by Crippen LogP contribution is 2.27. The van der Waals surface area contributed by atoms with Crippen LogP contribution in [-0.4, -0.2) is 60.4 Å². The van der Waals surface area contributed by atoms with E-state index in [1.54, 1.807) is 0 Å². The fourth-order valence-corrected chi connectivity index (χ4v) is 4.04. The molecule has 2 saturated heterocycles. The summed E-state index contributed by atoms with van der Waals surface area (Å²) >= 11 is 0. The van der Waals surface area contributed by atoms with E-state index >= 15 is 0 Å². The van der Waals surface area contributed by atoms with Crippen LogP contribution < -0.4 is 5.32 Å². The topological polar surface area (TPSA) is 52.7 Å². The van der Waals surface area contributed by atoms with Crippen LogP contribution in [0.3, 0.4) is 0 Å². The third-order valence-corrected chi connectivity index (χ3v) is 5.27. The molecule has 21 heavy (non-hydrogen) atoms. The molecule has 0 unspecified atom stereocenters. The number of rotatable bonds is 2. The van der Waals surface area contributed by atoms with E-state index in [0.717, 1.165) is 32.5 Å². The molecule has 2 amide bonds. The quantitative estimate of drug-likeness (QED) is 0.821. The van der Waals surface area contributed by atoms with E-state index < -0.39 is 0 Å². The Morgan fingerprint density at radius 3 is 2.62 bits per heavy atom. The molecule has 0 aromatic carbocycles. The van der Waals surface area contributed by atoms with Gasteiger partial charge in [0.25, 0.3) is 0 Å². The maximum absolute atomic E-state index is 12.8. The molecule has 2 atom stereocenters. The number of fused-ring (bicyclic) bond motifs is 3. The van der Waals surface area contributed by atoms with Crippen molar-refractivity contribution in [1.29, 1.82) is 0 Å². The highest BCUT2D eigenvalue weighted by Gasteiger charge is 2.38. The van der Waals surface area contributed by atoms with Crippen molar-refractivity contribution in [3.8, 4) is 0 Å². The minimum Gasteiger partial charge on any atom is -0.350 e. The second kappa shape index (κ2) is 6.34. The minimum absolute atomic E-state index is 0.0648. The van der Waals surface area contributed by atoms with Crippen molar-refractivity contribution in [1.82, 2.24) is 15.1 Å². The molecule has 2 heterocycles. The largest absolute Gasteiger partial charge is 0.350 e. The number of hydrogen-bond acceptors (Lipinski definition) is 3. The first kappa shape index (κ1) is 14.8. The summed E-state index contributed by atoms with van der Waals surface area (Å²) < 4.78 is 0. The van der Waals surface area contributed by atoms with Crippen molar-refractivity contribution in [3.63, 3.8) is 0 Å². The number of carbonyl (C=O) groups excluding carboxylic acids is 2. The van der Waals surface area contributed by atoms with Crippen LogP contribution in [0.1, 0.15) is 39.0 Å². The molecule has 1 aliphatic carbocycles. The monoisotopic (exact) mass is 293 g/mol. The molecule has 0 aromatic heterocycles. The lowest BCUT2D eigenvalue weighted by Gasteiger charge is -2.35. The Labute approximate surface area is 127 Å². The summed E-state index contributed by atoms with van der Waals surface area (Å²) in [6, 6.07) is 0.0949. The van der Waals surface area contributed by atoms with Crippen LogP contribution in [0.15, 0.2) is 0 Å². The van der Waals surface area contributed by atoms with Crippen LogP contribution in [0.5, 0.6) is 0 Å². The lowest BCUT2D eigenvalue weighted by atomic mass is 9.88. The molecule has 2 bridgehead atoms. The number of likely N-dealkylation sites (N-methyl/N-ethyl adjacent to an activating group) is 1. The highest BCUT2D eigenvalue weighted by molar-refractivity contribution is 5.83. The number of nitrogens with one attached hydrogen (secondary N) is 1. The van der Waals surface area contributed by atoms with Gasteiger partial charge in [0.15, 0.2) is 0 Å². The predicted molar refractivity (Wildman–Crippen MR) is 80.7 cm³/mol. The number of amides is 2.